The Morgan fingerprint density at radius 3 is 2.53 bits per heavy atom. The van der Waals surface area contributed by atoms with Crippen molar-refractivity contribution in [1.82, 2.24) is 5.32 Å². The predicted octanol–water partition coefficient (Wildman–Crippen LogP) is 3.28. The molecule has 0 aromatic heterocycles. The largest absolute Gasteiger partial charge is 0.317 e. The maximum absolute atomic E-state index is 3.39. The van der Waals surface area contributed by atoms with Gasteiger partial charge in [-0.1, -0.05) is 31.2 Å². The van der Waals surface area contributed by atoms with Crippen molar-refractivity contribution in [2.45, 2.75) is 44.6 Å². The SMILES string of the molecule is CNC(C)C1CCC(C)c2ccccc21. The standard InChI is InChI=1S/C14H21N/c1-10-8-9-13(11(2)15-3)14-7-5-4-6-12(10)14/h4-7,10-11,13,15H,8-9H2,1-3H3. The van der Waals surface area contributed by atoms with Crippen molar-refractivity contribution in [3.63, 3.8) is 0 Å². The van der Waals surface area contributed by atoms with E-state index in [0.717, 1.165) is 5.92 Å². The molecule has 0 fully saturated rings. The summed E-state index contributed by atoms with van der Waals surface area (Å²) in [6, 6.07) is 9.53. The van der Waals surface area contributed by atoms with Gasteiger partial charge in [0.15, 0.2) is 0 Å². The van der Waals surface area contributed by atoms with Crippen molar-refractivity contribution in [1.29, 1.82) is 0 Å². The van der Waals surface area contributed by atoms with Crippen LogP contribution < -0.4 is 5.32 Å². The molecule has 0 saturated carbocycles. The van der Waals surface area contributed by atoms with Crippen molar-refractivity contribution in [2.75, 3.05) is 7.05 Å². The van der Waals surface area contributed by atoms with Gasteiger partial charge in [0.25, 0.3) is 0 Å². The number of likely N-dealkylation sites (N-methyl/N-ethyl adjacent to an activating group) is 1. The number of hydrogen-bond acceptors (Lipinski definition) is 1. The molecule has 0 saturated heterocycles. The van der Waals surface area contributed by atoms with Crippen LogP contribution in [0, 0.1) is 0 Å². The lowest BCUT2D eigenvalue weighted by atomic mass is 9.75. The minimum Gasteiger partial charge on any atom is -0.317 e. The number of rotatable bonds is 2. The molecule has 3 unspecified atom stereocenters. The fourth-order valence-corrected chi connectivity index (χ4v) is 2.76. The van der Waals surface area contributed by atoms with E-state index in [1.165, 1.54) is 12.8 Å². The van der Waals surface area contributed by atoms with Crippen LogP contribution in [0.1, 0.15) is 49.7 Å². The topological polar surface area (TPSA) is 12.0 Å². The summed E-state index contributed by atoms with van der Waals surface area (Å²) in [7, 11) is 2.06. The van der Waals surface area contributed by atoms with Gasteiger partial charge in [0.05, 0.1) is 0 Å². The first-order valence-electron chi connectivity index (χ1n) is 6.00. The molecule has 82 valence electrons. The van der Waals surface area contributed by atoms with Crippen molar-refractivity contribution < 1.29 is 0 Å². The average Bonchev–Trinajstić information content (AvgIpc) is 2.29. The summed E-state index contributed by atoms with van der Waals surface area (Å²) in [4.78, 5) is 0. The van der Waals surface area contributed by atoms with Gasteiger partial charge in [-0.05, 0) is 49.8 Å². The fourth-order valence-electron chi connectivity index (χ4n) is 2.76. The maximum Gasteiger partial charge on any atom is 0.0105 e. The molecule has 1 aromatic rings. The normalized spacial score (nSPS) is 27.1. The Labute approximate surface area is 92.9 Å². The van der Waals surface area contributed by atoms with E-state index in [-0.39, 0.29) is 0 Å². The van der Waals surface area contributed by atoms with E-state index >= 15 is 0 Å². The van der Waals surface area contributed by atoms with Crippen molar-refractivity contribution in [3.8, 4) is 0 Å². The molecule has 0 radical (unpaired) electrons. The molecule has 0 spiro atoms. The van der Waals surface area contributed by atoms with Crippen molar-refractivity contribution in [2.24, 2.45) is 0 Å². The lowest BCUT2D eigenvalue weighted by Crippen LogP contribution is -2.31. The second-order valence-electron chi connectivity index (χ2n) is 4.79. The number of hydrogen-bond donors (Lipinski definition) is 1. The highest BCUT2D eigenvalue weighted by molar-refractivity contribution is 5.36. The summed E-state index contributed by atoms with van der Waals surface area (Å²) >= 11 is 0. The van der Waals surface area contributed by atoms with E-state index < -0.39 is 0 Å². The summed E-state index contributed by atoms with van der Waals surface area (Å²) in [6.45, 7) is 4.64. The highest BCUT2D eigenvalue weighted by Gasteiger charge is 2.27. The Bertz CT molecular complexity index is 332. The average molecular weight is 203 g/mol. The third-order valence-corrected chi connectivity index (χ3v) is 3.90. The first kappa shape index (κ1) is 10.7. The van der Waals surface area contributed by atoms with Crippen LogP contribution in [0.25, 0.3) is 0 Å². The van der Waals surface area contributed by atoms with Gasteiger partial charge in [0.2, 0.25) is 0 Å². The molecule has 1 aromatic carbocycles. The van der Waals surface area contributed by atoms with Crippen molar-refractivity contribution in [3.05, 3.63) is 35.4 Å². The van der Waals surface area contributed by atoms with E-state index in [1.54, 1.807) is 11.1 Å². The van der Waals surface area contributed by atoms with E-state index in [4.69, 9.17) is 0 Å². The van der Waals surface area contributed by atoms with Gasteiger partial charge in [-0.3, -0.25) is 0 Å². The molecule has 0 amide bonds. The Kier molecular flexibility index (Phi) is 3.11. The van der Waals surface area contributed by atoms with Crippen LogP contribution in [-0.4, -0.2) is 13.1 Å². The molecule has 2 rings (SSSR count). The van der Waals surface area contributed by atoms with Crippen LogP contribution >= 0.6 is 0 Å². The van der Waals surface area contributed by atoms with Gasteiger partial charge in [0, 0.05) is 6.04 Å². The zero-order chi connectivity index (χ0) is 10.8. The Morgan fingerprint density at radius 2 is 1.87 bits per heavy atom. The third kappa shape index (κ3) is 1.93. The lowest BCUT2D eigenvalue weighted by molar-refractivity contribution is 0.415. The highest BCUT2D eigenvalue weighted by atomic mass is 14.9. The van der Waals surface area contributed by atoms with Gasteiger partial charge < -0.3 is 5.32 Å². The van der Waals surface area contributed by atoms with Crippen molar-refractivity contribution >= 4 is 0 Å². The zero-order valence-corrected chi connectivity index (χ0v) is 9.96. The molecule has 0 heterocycles. The van der Waals surface area contributed by atoms with Crippen LogP contribution in [0.2, 0.25) is 0 Å². The van der Waals surface area contributed by atoms with E-state index in [9.17, 15) is 0 Å². The Morgan fingerprint density at radius 1 is 1.20 bits per heavy atom. The summed E-state index contributed by atoms with van der Waals surface area (Å²) in [5.74, 6) is 1.43. The van der Waals surface area contributed by atoms with Crippen LogP contribution in [0.5, 0.6) is 0 Å². The summed E-state index contributed by atoms with van der Waals surface area (Å²) in [6.07, 6.45) is 2.65. The van der Waals surface area contributed by atoms with Gasteiger partial charge in [-0.25, -0.2) is 0 Å². The van der Waals surface area contributed by atoms with Gasteiger partial charge in [-0.2, -0.15) is 0 Å². The molecule has 1 aliphatic carbocycles. The van der Waals surface area contributed by atoms with E-state index in [1.807, 2.05) is 0 Å². The lowest BCUT2D eigenvalue weighted by Gasteiger charge is -2.33. The zero-order valence-electron chi connectivity index (χ0n) is 9.96. The first-order valence-corrected chi connectivity index (χ1v) is 6.00. The molecule has 1 N–H and O–H groups in total. The summed E-state index contributed by atoms with van der Waals surface area (Å²) in [5.41, 5.74) is 3.13. The van der Waals surface area contributed by atoms with E-state index in [0.29, 0.717) is 12.0 Å². The van der Waals surface area contributed by atoms with Crippen LogP contribution in [0.15, 0.2) is 24.3 Å². The molecule has 1 heteroatoms. The first-order chi connectivity index (χ1) is 7.24. The number of fused-ring (bicyclic) bond motifs is 1. The number of benzene rings is 1. The summed E-state index contributed by atoms with van der Waals surface area (Å²) in [5, 5.41) is 3.39. The van der Waals surface area contributed by atoms with Gasteiger partial charge in [-0.15, -0.1) is 0 Å². The molecule has 1 aliphatic rings. The Hall–Kier alpha value is -0.820. The molecule has 15 heavy (non-hydrogen) atoms. The second-order valence-corrected chi connectivity index (χ2v) is 4.79. The molecule has 0 bridgehead atoms. The second kappa shape index (κ2) is 4.36. The molecule has 3 atom stereocenters. The maximum atomic E-state index is 3.39. The fraction of sp³-hybridized carbons (Fsp3) is 0.571. The molecule has 0 aliphatic heterocycles. The van der Waals surface area contributed by atoms with Crippen LogP contribution in [0.4, 0.5) is 0 Å². The van der Waals surface area contributed by atoms with Gasteiger partial charge >= 0.3 is 0 Å². The molecule has 1 nitrogen and oxygen atoms in total. The minimum atomic E-state index is 0.582. The molecular formula is C14H21N. The van der Waals surface area contributed by atoms with Crippen LogP contribution in [0.3, 0.4) is 0 Å². The highest BCUT2D eigenvalue weighted by Crippen LogP contribution is 2.39. The summed E-state index contributed by atoms with van der Waals surface area (Å²) < 4.78 is 0. The van der Waals surface area contributed by atoms with E-state index in [2.05, 4.69) is 50.5 Å². The Balaban J connectivity index is 2.36. The smallest absolute Gasteiger partial charge is 0.0105 e. The predicted molar refractivity (Wildman–Crippen MR) is 65.4 cm³/mol. The monoisotopic (exact) mass is 203 g/mol. The van der Waals surface area contributed by atoms with Crippen LogP contribution in [-0.2, 0) is 0 Å². The van der Waals surface area contributed by atoms with Gasteiger partial charge in [0.1, 0.15) is 0 Å². The minimum absolute atomic E-state index is 0.582. The quantitative estimate of drug-likeness (QED) is 0.778. The third-order valence-electron chi connectivity index (χ3n) is 3.90. The number of nitrogens with one attached hydrogen (secondary N) is 1. The molecular weight excluding hydrogens is 182 g/mol.